The highest BCUT2D eigenvalue weighted by atomic mass is 35.5. The Hall–Kier alpha value is -2.62. The van der Waals surface area contributed by atoms with E-state index >= 15 is 0 Å². The number of thiazole rings is 1. The van der Waals surface area contributed by atoms with Gasteiger partial charge >= 0.3 is 0 Å². The Morgan fingerprint density at radius 2 is 1.93 bits per heavy atom. The number of ether oxygens (including phenoxy) is 1. The zero-order chi connectivity index (χ0) is 20.9. The van der Waals surface area contributed by atoms with Crippen molar-refractivity contribution >= 4 is 34.7 Å². The third-order valence-electron chi connectivity index (χ3n) is 4.17. The molecule has 0 aliphatic carbocycles. The van der Waals surface area contributed by atoms with Crippen molar-refractivity contribution < 1.29 is 9.13 Å². The molecule has 2 N–H and O–H groups in total. The molecular weight excluding hydrogens is 445 g/mol. The van der Waals surface area contributed by atoms with Crippen LogP contribution in [0.15, 0.2) is 59.1 Å². The minimum atomic E-state index is -0.287. The van der Waals surface area contributed by atoms with E-state index < -0.39 is 0 Å². The lowest BCUT2D eigenvalue weighted by Crippen LogP contribution is -2.14. The van der Waals surface area contributed by atoms with Crippen molar-refractivity contribution in [2.45, 2.75) is 23.9 Å². The Balaban J connectivity index is 1.32. The van der Waals surface area contributed by atoms with E-state index in [-0.39, 0.29) is 12.2 Å². The molecule has 154 valence electrons. The minimum Gasteiger partial charge on any atom is -0.486 e. The lowest BCUT2D eigenvalue weighted by atomic mass is 10.1. The van der Waals surface area contributed by atoms with Crippen molar-refractivity contribution in [1.29, 1.82) is 0 Å². The highest BCUT2D eigenvalue weighted by Crippen LogP contribution is 2.24. The van der Waals surface area contributed by atoms with E-state index in [0.29, 0.717) is 33.9 Å². The van der Waals surface area contributed by atoms with Gasteiger partial charge in [0, 0.05) is 22.6 Å². The number of rotatable bonds is 8. The van der Waals surface area contributed by atoms with Gasteiger partial charge in [0.1, 0.15) is 23.2 Å². The van der Waals surface area contributed by atoms with Crippen LogP contribution in [0, 0.1) is 5.82 Å². The fourth-order valence-electron chi connectivity index (χ4n) is 2.63. The number of thioether (sulfide) groups is 1. The number of nitrogen functional groups attached to an aromatic ring is 1. The normalized spacial score (nSPS) is 11.0. The van der Waals surface area contributed by atoms with Gasteiger partial charge in [0.25, 0.3) is 0 Å². The fraction of sp³-hybridized carbons (Fsp3) is 0.150. The summed E-state index contributed by atoms with van der Waals surface area (Å²) in [4.78, 5) is 4.57. The first-order valence-electron chi connectivity index (χ1n) is 8.95. The molecule has 2 aromatic heterocycles. The maximum Gasteiger partial charge on any atom is 0.210 e. The van der Waals surface area contributed by atoms with Gasteiger partial charge in [-0.3, -0.25) is 0 Å². The topological polar surface area (TPSA) is 78.9 Å². The molecule has 0 fully saturated rings. The Morgan fingerprint density at radius 3 is 2.73 bits per heavy atom. The van der Waals surface area contributed by atoms with Crippen LogP contribution in [0.3, 0.4) is 0 Å². The van der Waals surface area contributed by atoms with Crippen LogP contribution in [-0.2, 0) is 18.8 Å². The van der Waals surface area contributed by atoms with Crippen LogP contribution in [0.25, 0.3) is 0 Å². The van der Waals surface area contributed by atoms with Crippen molar-refractivity contribution in [3.05, 3.63) is 86.8 Å². The molecule has 2 aromatic carbocycles. The highest BCUT2D eigenvalue weighted by Gasteiger charge is 2.14. The second-order valence-corrected chi connectivity index (χ2v) is 8.62. The van der Waals surface area contributed by atoms with Crippen LogP contribution in [0.5, 0.6) is 5.75 Å². The standard InChI is InChI=1S/C20H17ClFN5OS2/c21-14-5-7-16(8-6-14)28-10-19-24-15(11-29-19)12-30-20-26-25-18(27(20)23)9-13-3-1-2-4-17(13)22/h1-8,11H,9-10,12,23H2. The van der Waals surface area contributed by atoms with Crippen LogP contribution >= 0.6 is 34.7 Å². The molecule has 0 unspecified atom stereocenters. The van der Waals surface area contributed by atoms with Crippen LogP contribution in [0.4, 0.5) is 4.39 Å². The van der Waals surface area contributed by atoms with E-state index in [9.17, 15) is 4.39 Å². The number of hydrogen-bond donors (Lipinski definition) is 1. The Morgan fingerprint density at radius 1 is 1.13 bits per heavy atom. The van der Waals surface area contributed by atoms with Gasteiger partial charge in [-0.2, -0.15) is 0 Å². The Kier molecular flexibility index (Phi) is 6.51. The number of nitrogens with zero attached hydrogens (tertiary/aromatic N) is 4. The third kappa shape index (κ3) is 5.10. The summed E-state index contributed by atoms with van der Waals surface area (Å²) in [6.45, 7) is 0.386. The molecule has 0 saturated heterocycles. The second-order valence-electron chi connectivity index (χ2n) is 6.30. The lowest BCUT2D eigenvalue weighted by Gasteiger charge is -2.04. The molecule has 0 amide bonds. The summed E-state index contributed by atoms with van der Waals surface area (Å²) in [6.07, 6.45) is 0.277. The lowest BCUT2D eigenvalue weighted by molar-refractivity contribution is 0.305. The van der Waals surface area contributed by atoms with E-state index in [1.807, 2.05) is 17.5 Å². The van der Waals surface area contributed by atoms with Gasteiger partial charge in [-0.15, -0.1) is 21.5 Å². The molecule has 10 heteroatoms. The molecule has 30 heavy (non-hydrogen) atoms. The van der Waals surface area contributed by atoms with Crippen LogP contribution < -0.4 is 10.6 Å². The first-order valence-corrected chi connectivity index (χ1v) is 11.2. The van der Waals surface area contributed by atoms with Crippen molar-refractivity contribution in [2.24, 2.45) is 0 Å². The first-order chi connectivity index (χ1) is 14.6. The van der Waals surface area contributed by atoms with E-state index in [1.165, 1.54) is 33.8 Å². The minimum absolute atomic E-state index is 0.277. The predicted molar refractivity (Wildman–Crippen MR) is 117 cm³/mol. The van der Waals surface area contributed by atoms with Crippen LogP contribution in [-0.4, -0.2) is 19.9 Å². The van der Waals surface area contributed by atoms with Crippen molar-refractivity contribution in [3.63, 3.8) is 0 Å². The van der Waals surface area contributed by atoms with Gasteiger partial charge in [-0.25, -0.2) is 14.1 Å². The molecule has 0 atom stereocenters. The van der Waals surface area contributed by atoms with E-state index in [2.05, 4.69) is 15.2 Å². The number of hydrogen-bond acceptors (Lipinski definition) is 7. The molecular formula is C20H17ClFN5OS2. The molecule has 4 aromatic rings. The largest absolute Gasteiger partial charge is 0.486 e. The number of aromatic nitrogens is 4. The van der Waals surface area contributed by atoms with Crippen molar-refractivity contribution in [2.75, 3.05) is 5.84 Å². The zero-order valence-electron chi connectivity index (χ0n) is 15.7. The summed E-state index contributed by atoms with van der Waals surface area (Å²) >= 11 is 8.83. The van der Waals surface area contributed by atoms with Crippen molar-refractivity contribution in [3.8, 4) is 5.75 Å². The van der Waals surface area contributed by atoms with Gasteiger partial charge in [0.2, 0.25) is 5.16 Å². The van der Waals surface area contributed by atoms with Crippen molar-refractivity contribution in [1.82, 2.24) is 19.9 Å². The molecule has 4 rings (SSSR count). The van der Waals surface area contributed by atoms with E-state index in [0.717, 1.165) is 16.5 Å². The third-order valence-corrected chi connectivity index (χ3v) is 6.27. The number of benzene rings is 2. The summed E-state index contributed by atoms with van der Waals surface area (Å²) in [7, 11) is 0. The van der Waals surface area contributed by atoms with Gasteiger partial charge in [-0.1, -0.05) is 41.6 Å². The first kappa shape index (κ1) is 20.6. The number of halogens is 2. The molecule has 0 aliphatic rings. The quantitative estimate of drug-likeness (QED) is 0.302. The smallest absolute Gasteiger partial charge is 0.210 e. The van der Waals surface area contributed by atoms with Crippen LogP contribution in [0.1, 0.15) is 22.1 Å². The molecule has 0 saturated carbocycles. The van der Waals surface area contributed by atoms with Crippen LogP contribution in [0.2, 0.25) is 5.02 Å². The van der Waals surface area contributed by atoms with Gasteiger partial charge < -0.3 is 10.6 Å². The zero-order valence-corrected chi connectivity index (χ0v) is 18.1. The Bertz CT molecular complexity index is 1130. The monoisotopic (exact) mass is 461 g/mol. The molecule has 6 nitrogen and oxygen atoms in total. The fourth-order valence-corrected chi connectivity index (χ4v) is 4.34. The molecule has 2 heterocycles. The van der Waals surface area contributed by atoms with Gasteiger partial charge in [0.05, 0.1) is 5.69 Å². The molecule has 0 bridgehead atoms. The maximum atomic E-state index is 13.8. The Labute approximate surface area is 185 Å². The summed E-state index contributed by atoms with van der Waals surface area (Å²) in [6, 6.07) is 13.8. The summed E-state index contributed by atoms with van der Waals surface area (Å²) in [5.41, 5.74) is 1.43. The second kappa shape index (κ2) is 9.46. The SMILES string of the molecule is Nn1c(Cc2ccccc2F)nnc1SCc1csc(COc2ccc(Cl)cc2)n1. The summed E-state index contributed by atoms with van der Waals surface area (Å²) in [5.74, 6) is 7.64. The average molecular weight is 462 g/mol. The van der Waals surface area contributed by atoms with E-state index in [4.69, 9.17) is 22.2 Å². The molecule has 0 radical (unpaired) electrons. The molecule has 0 spiro atoms. The van der Waals surface area contributed by atoms with Gasteiger partial charge in [0.15, 0.2) is 5.82 Å². The molecule has 0 aliphatic heterocycles. The summed E-state index contributed by atoms with van der Waals surface area (Å²) in [5, 5.41) is 12.3. The maximum absolute atomic E-state index is 13.8. The summed E-state index contributed by atoms with van der Waals surface area (Å²) < 4.78 is 21.0. The predicted octanol–water partition coefficient (Wildman–Crippen LogP) is 4.70. The number of nitrogens with two attached hydrogens (primary N) is 1. The highest BCUT2D eigenvalue weighted by molar-refractivity contribution is 7.98. The average Bonchev–Trinajstić information content (AvgIpc) is 3.34. The van der Waals surface area contributed by atoms with E-state index in [1.54, 1.807) is 30.3 Å². The van der Waals surface area contributed by atoms with Gasteiger partial charge in [-0.05, 0) is 35.9 Å².